The van der Waals surface area contributed by atoms with Gasteiger partial charge in [0.2, 0.25) is 0 Å². The monoisotopic (exact) mass is 464 g/mol. The van der Waals surface area contributed by atoms with Crippen LogP contribution in [-0.4, -0.2) is 35.6 Å². The molecule has 1 aromatic carbocycles. The second kappa shape index (κ2) is 8.93. The first-order valence-electron chi connectivity index (χ1n) is 10.5. The van der Waals surface area contributed by atoms with Crippen molar-refractivity contribution in [2.24, 2.45) is 14.1 Å². The fourth-order valence-corrected chi connectivity index (χ4v) is 3.07. The quantitative estimate of drug-likeness (QED) is 0.450. The van der Waals surface area contributed by atoms with Crippen LogP contribution in [0.5, 0.6) is 11.5 Å². The lowest BCUT2D eigenvalue weighted by Gasteiger charge is -2.13. The van der Waals surface area contributed by atoms with E-state index in [0.29, 0.717) is 23.1 Å². The molecule has 0 unspecified atom stereocenters. The Balaban J connectivity index is 1.43. The van der Waals surface area contributed by atoms with E-state index in [2.05, 4.69) is 30.8 Å². The van der Waals surface area contributed by atoms with Crippen LogP contribution in [0.25, 0.3) is 11.5 Å². The van der Waals surface area contributed by atoms with Crippen LogP contribution in [0.15, 0.2) is 48.9 Å². The summed E-state index contributed by atoms with van der Waals surface area (Å²) in [4.78, 5) is 20.8. The van der Waals surface area contributed by atoms with Crippen molar-refractivity contribution in [3.8, 4) is 23.0 Å². The highest BCUT2D eigenvalue weighted by atomic mass is 19.1. The molecular formula is C23H25FN8O2. The summed E-state index contributed by atoms with van der Waals surface area (Å²) in [6.07, 6.45) is 3.13. The lowest BCUT2D eigenvalue weighted by Crippen LogP contribution is -2.21. The van der Waals surface area contributed by atoms with Crippen molar-refractivity contribution >= 4 is 17.5 Å². The number of aryl methyl sites for hydroxylation is 2. The molecule has 2 N–H and O–H groups in total. The zero-order chi connectivity index (χ0) is 24.5. The molecule has 34 heavy (non-hydrogen) atoms. The van der Waals surface area contributed by atoms with Gasteiger partial charge in [0.15, 0.2) is 5.82 Å². The number of hydrogen-bond acceptors (Lipinski definition) is 6. The maximum Gasteiger partial charge on any atom is 0.324 e. The zero-order valence-corrected chi connectivity index (χ0v) is 19.5. The first kappa shape index (κ1) is 22.9. The average molecular weight is 465 g/mol. The summed E-state index contributed by atoms with van der Waals surface area (Å²) in [5, 5.41) is 13.8. The number of pyridine rings is 1. The van der Waals surface area contributed by atoms with Gasteiger partial charge in [-0.25, -0.2) is 14.2 Å². The number of benzene rings is 1. The van der Waals surface area contributed by atoms with E-state index >= 15 is 0 Å². The van der Waals surface area contributed by atoms with Gasteiger partial charge in [0.05, 0.1) is 11.4 Å². The van der Waals surface area contributed by atoms with Crippen molar-refractivity contribution in [1.82, 2.24) is 29.5 Å². The molecule has 11 heteroatoms. The number of hydrogen-bond donors (Lipinski definition) is 2. The van der Waals surface area contributed by atoms with Crippen LogP contribution < -0.4 is 15.4 Å². The van der Waals surface area contributed by atoms with E-state index < -0.39 is 11.8 Å². The van der Waals surface area contributed by atoms with Gasteiger partial charge in [-0.2, -0.15) is 5.10 Å². The molecule has 0 aliphatic carbocycles. The molecule has 0 aliphatic heterocycles. The Kier molecular flexibility index (Phi) is 6.01. The molecule has 0 saturated carbocycles. The Labute approximate surface area is 195 Å². The number of aromatic nitrogens is 6. The lowest BCUT2D eigenvalue weighted by atomic mass is 9.92. The third kappa shape index (κ3) is 5.20. The predicted octanol–water partition coefficient (Wildman–Crippen LogP) is 4.48. The minimum Gasteiger partial charge on any atom is -0.457 e. The molecule has 3 aromatic heterocycles. The molecule has 0 radical (unpaired) electrons. The molecule has 2 amide bonds. The highest BCUT2D eigenvalue weighted by molar-refractivity contribution is 5.99. The van der Waals surface area contributed by atoms with Gasteiger partial charge in [0.25, 0.3) is 0 Å². The van der Waals surface area contributed by atoms with Gasteiger partial charge < -0.3 is 10.1 Å². The lowest BCUT2D eigenvalue weighted by molar-refractivity contribution is 0.262. The number of nitrogens with one attached hydrogen (secondary N) is 2. The van der Waals surface area contributed by atoms with Crippen LogP contribution in [0, 0.1) is 5.82 Å². The van der Waals surface area contributed by atoms with Gasteiger partial charge in [-0.3, -0.25) is 19.7 Å². The first-order chi connectivity index (χ1) is 16.1. The number of halogens is 1. The minimum atomic E-state index is -0.645. The summed E-state index contributed by atoms with van der Waals surface area (Å²) in [7, 11) is 3.49. The maximum absolute atomic E-state index is 14.7. The number of nitrogens with zero attached hydrogens (tertiary/aromatic N) is 6. The Morgan fingerprint density at radius 2 is 1.76 bits per heavy atom. The van der Waals surface area contributed by atoms with Gasteiger partial charge in [-0.05, 0) is 18.2 Å². The second-order valence-corrected chi connectivity index (χ2v) is 8.73. The SMILES string of the molecule is Cn1cnc(-c2cc(Oc3ccc(NC(=O)Nc4cc(C(C)(C)C)nn4C)c(F)c3)ccn2)n1. The summed E-state index contributed by atoms with van der Waals surface area (Å²) < 4.78 is 23.6. The summed E-state index contributed by atoms with van der Waals surface area (Å²) >= 11 is 0. The average Bonchev–Trinajstić information content (AvgIpc) is 3.36. The van der Waals surface area contributed by atoms with Crippen LogP contribution in [0.2, 0.25) is 0 Å². The third-order valence-corrected chi connectivity index (χ3v) is 4.87. The number of urea groups is 1. The van der Waals surface area contributed by atoms with Crippen molar-refractivity contribution in [2.75, 3.05) is 10.6 Å². The van der Waals surface area contributed by atoms with Crippen molar-refractivity contribution in [2.45, 2.75) is 26.2 Å². The molecule has 10 nitrogen and oxygen atoms in total. The van der Waals surface area contributed by atoms with Crippen LogP contribution in [0.3, 0.4) is 0 Å². The van der Waals surface area contributed by atoms with Gasteiger partial charge in [0.1, 0.15) is 35.2 Å². The standard InChI is InChI=1S/C23H25FN8O2/c1-23(2,3)19-12-20(32(5)29-19)28-22(33)27-17-7-6-14(10-16(17)24)34-15-8-9-25-18(11-15)21-26-13-31(4)30-21/h6-13H,1-5H3,(H2,27,28,33). The van der Waals surface area contributed by atoms with Crippen LogP contribution in [0.4, 0.5) is 20.7 Å². The normalized spacial score (nSPS) is 11.4. The topological polar surface area (TPSA) is 112 Å². The van der Waals surface area contributed by atoms with Crippen molar-refractivity contribution < 1.29 is 13.9 Å². The molecule has 0 fully saturated rings. The molecule has 0 saturated heterocycles. The molecule has 0 bridgehead atoms. The Bertz CT molecular complexity index is 1340. The third-order valence-electron chi connectivity index (χ3n) is 4.87. The molecule has 0 spiro atoms. The number of carbonyl (C=O) groups is 1. The second-order valence-electron chi connectivity index (χ2n) is 8.73. The predicted molar refractivity (Wildman–Crippen MR) is 125 cm³/mol. The first-order valence-corrected chi connectivity index (χ1v) is 10.5. The molecule has 0 atom stereocenters. The molecule has 0 aliphatic rings. The van der Waals surface area contributed by atoms with Crippen LogP contribution >= 0.6 is 0 Å². The molecular weight excluding hydrogens is 439 g/mol. The minimum absolute atomic E-state index is 0.0103. The van der Waals surface area contributed by atoms with E-state index in [1.165, 1.54) is 12.1 Å². The van der Waals surface area contributed by atoms with Crippen molar-refractivity contribution in [3.63, 3.8) is 0 Å². The van der Waals surface area contributed by atoms with Crippen molar-refractivity contribution in [3.05, 3.63) is 60.4 Å². The fraction of sp³-hybridized carbons (Fsp3) is 0.261. The van der Waals surface area contributed by atoms with E-state index in [1.54, 1.807) is 60.2 Å². The Morgan fingerprint density at radius 3 is 2.41 bits per heavy atom. The van der Waals surface area contributed by atoms with E-state index in [1.807, 2.05) is 20.8 Å². The molecule has 176 valence electrons. The summed E-state index contributed by atoms with van der Waals surface area (Å²) in [5.41, 5.74) is 1.20. The molecule has 3 heterocycles. The number of rotatable bonds is 5. The van der Waals surface area contributed by atoms with E-state index in [4.69, 9.17) is 4.74 Å². The number of carbonyl (C=O) groups excluding carboxylic acids is 1. The van der Waals surface area contributed by atoms with Crippen molar-refractivity contribution in [1.29, 1.82) is 0 Å². The van der Waals surface area contributed by atoms with Crippen LogP contribution in [-0.2, 0) is 19.5 Å². The van der Waals surface area contributed by atoms with E-state index in [-0.39, 0.29) is 16.9 Å². The maximum atomic E-state index is 14.7. The largest absolute Gasteiger partial charge is 0.457 e. The summed E-state index contributed by atoms with van der Waals surface area (Å²) in [6.45, 7) is 6.08. The van der Waals surface area contributed by atoms with Gasteiger partial charge >= 0.3 is 6.03 Å². The van der Waals surface area contributed by atoms with E-state index in [9.17, 15) is 9.18 Å². The fourth-order valence-electron chi connectivity index (χ4n) is 3.07. The molecule has 4 rings (SSSR count). The number of amides is 2. The number of ether oxygens (including phenoxy) is 1. The Morgan fingerprint density at radius 1 is 1.00 bits per heavy atom. The van der Waals surface area contributed by atoms with Gasteiger partial charge in [-0.1, -0.05) is 20.8 Å². The van der Waals surface area contributed by atoms with E-state index in [0.717, 1.165) is 5.69 Å². The summed E-state index contributed by atoms with van der Waals surface area (Å²) in [6, 6.07) is 8.68. The Hall–Kier alpha value is -4.28. The zero-order valence-electron chi connectivity index (χ0n) is 19.5. The summed E-state index contributed by atoms with van der Waals surface area (Å²) in [5.74, 6) is 1.01. The highest BCUT2D eigenvalue weighted by Crippen LogP contribution is 2.28. The van der Waals surface area contributed by atoms with Gasteiger partial charge in [-0.15, -0.1) is 5.10 Å². The molecule has 4 aromatic rings. The van der Waals surface area contributed by atoms with Gasteiger partial charge in [0, 0.05) is 43.9 Å². The van der Waals surface area contributed by atoms with Crippen LogP contribution in [0.1, 0.15) is 26.5 Å². The highest BCUT2D eigenvalue weighted by Gasteiger charge is 2.20. The smallest absolute Gasteiger partial charge is 0.324 e. The number of anilines is 2.